The van der Waals surface area contributed by atoms with Gasteiger partial charge in [0.1, 0.15) is 0 Å². The van der Waals surface area contributed by atoms with Crippen LogP contribution in [0.1, 0.15) is 31.4 Å². The number of nitro groups is 1. The largest absolute Gasteiger partial charge is 0.490 e. The highest BCUT2D eigenvalue weighted by Crippen LogP contribution is 2.35. The number of imide groups is 1. The van der Waals surface area contributed by atoms with Crippen LogP contribution in [0.25, 0.3) is 6.08 Å². The Labute approximate surface area is 184 Å². The Hall–Kier alpha value is -3.33. The molecule has 3 rings (SSSR count). The van der Waals surface area contributed by atoms with Crippen LogP contribution in [0.5, 0.6) is 11.5 Å². The molecule has 0 radical (unpaired) electrons. The van der Waals surface area contributed by atoms with Crippen molar-refractivity contribution < 1.29 is 24.0 Å². The highest BCUT2D eigenvalue weighted by atomic mass is 32.2. The smallest absolute Gasteiger partial charge is 0.293 e. The molecule has 162 valence electrons. The maximum atomic E-state index is 12.8. The van der Waals surface area contributed by atoms with Crippen molar-refractivity contribution in [3.8, 4) is 11.5 Å². The van der Waals surface area contributed by atoms with Gasteiger partial charge in [-0.1, -0.05) is 25.1 Å². The molecule has 0 spiro atoms. The normalized spacial score (nSPS) is 14.9. The van der Waals surface area contributed by atoms with Crippen molar-refractivity contribution in [2.75, 3.05) is 13.2 Å². The second-order valence-corrected chi connectivity index (χ2v) is 7.67. The third-order valence-electron chi connectivity index (χ3n) is 4.39. The predicted molar refractivity (Wildman–Crippen MR) is 118 cm³/mol. The summed E-state index contributed by atoms with van der Waals surface area (Å²) < 4.78 is 11.3. The maximum absolute atomic E-state index is 12.8. The summed E-state index contributed by atoms with van der Waals surface area (Å²) in [5.74, 6) is 0.805. The third-order valence-corrected chi connectivity index (χ3v) is 5.30. The monoisotopic (exact) mass is 442 g/mol. The molecule has 0 N–H and O–H groups in total. The Kier molecular flexibility index (Phi) is 7.30. The molecule has 2 aromatic rings. The van der Waals surface area contributed by atoms with Crippen molar-refractivity contribution in [2.24, 2.45) is 0 Å². The summed E-state index contributed by atoms with van der Waals surface area (Å²) in [4.78, 5) is 36.9. The molecule has 1 fully saturated rings. The number of carbonyl (C=O) groups excluding carboxylic acids is 2. The second-order valence-electron chi connectivity index (χ2n) is 6.68. The van der Waals surface area contributed by atoms with E-state index >= 15 is 0 Å². The van der Waals surface area contributed by atoms with Crippen molar-refractivity contribution in [3.05, 3.63) is 68.6 Å². The SMILES string of the molecule is CCCOc1ccc(C=C2SC(=O)N(Cc3ccc([N+](=O)[O-])cc3)C2=O)cc1OCC. The molecular formula is C22H22N2O6S. The number of nitrogens with zero attached hydrogens (tertiary/aromatic N) is 2. The molecule has 31 heavy (non-hydrogen) atoms. The van der Waals surface area contributed by atoms with Gasteiger partial charge in [-0.15, -0.1) is 0 Å². The molecule has 0 bridgehead atoms. The van der Waals surface area contributed by atoms with E-state index in [1.54, 1.807) is 24.3 Å². The lowest BCUT2D eigenvalue weighted by atomic mass is 10.1. The van der Waals surface area contributed by atoms with Crippen LogP contribution in [0, 0.1) is 10.1 Å². The highest BCUT2D eigenvalue weighted by molar-refractivity contribution is 8.18. The Morgan fingerprint density at radius 3 is 2.45 bits per heavy atom. The third kappa shape index (κ3) is 5.43. The van der Waals surface area contributed by atoms with E-state index in [0.717, 1.165) is 23.1 Å². The van der Waals surface area contributed by atoms with Gasteiger partial charge in [0.05, 0.1) is 29.6 Å². The van der Waals surface area contributed by atoms with E-state index in [-0.39, 0.29) is 17.5 Å². The Morgan fingerprint density at radius 1 is 1.06 bits per heavy atom. The molecule has 1 heterocycles. The quantitative estimate of drug-likeness (QED) is 0.305. The zero-order chi connectivity index (χ0) is 22.4. The predicted octanol–water partition coefficient (Wildman–Crippen LogP) is 5.02. The van der Waals surface area contributed by atoms with E-state index in [2.05, 4.69) is 0 Å². The summed E-state index contributed by atoms with van der Waals surface area (Å²) in [6, 6.07) is 11.1. The van der Waals surface area contributed by atoms with Gasteiger partial charge in [-0.3, -0.25) is 24.6 Å². The van der Waals surface area contributed by atoms with Crippen LogP contribution in [-0.2, 0) is 11.3 Å². The molecular weight excluding hydrogens is 420 g/mol. The van der Waals surface area contributed by atoms with Gasteiger partial charge in [0.25, 0.3) is 16.8 Å². The number of rotatable bonds is 9. The zero-order valence-electron chi connectivity index (χ0n) is 17.2. The molecule has 1 aliphatic heterocycles. The molecule has 9 heteroatoms. The van der Waals surface area contributed by atoms with Crippen molar-refractivity contribution in [3.63, 3.8) is 0 Å². The summed E-state index contributed by atoms with van der Waals surface area (Å²) in [6.45, 7) is 4.98. The van der Waals surface area contributed by atoms with Crippen LogP contribution in [0.15, 0.2) is 47.4 Å². The Morgan fingerprint density at radius 2 is 1.81 bits per heavy atom. The lowest BCUT2D eigenvalue weighted by Crippen LogP contribution is -2.27. The average molecular weight is 442 g/mol. The Balaban J connectivity index is 1.77. The van der Waals surface area contributed by atoms with E-state index in [0.29, 0.717) is 40.7 Å². The average Bonchev–Trinajstić information content (AvgIpc) is 3.01. The molecule has 1 aliphatic rings. The van der Waals surface area contributed by atoms with Gasteiger partial charge in [-0.05, 0) is 54.4 Å². The zero-order valence-corrected chi connectivity index (χ0v) is 18.0. The fourth-order valence-electron chi connectivity index (χ4n) is 2.91. The molecule has 0 atom stereocenters. The summed E-state index contributed by atoms with van der Waals surface area (Å²) >= 11 is 0.859. The number of benzene rings is 2. The molecule has 0 unspecified atom stereocenters. The fraction of sp³-hybridized carbons (Fsp3) is 0.273. The molecule has 0 aliphatic carbocycles. The number of thioether (sulfide) groups is 1. The van der Waals surface area contributed by atoms with E-state index in [1.807, 2.05) is 13.8 Å². The van der Waals surface area contributed by atoms with E-state index < -0.39 is 10.8 Å². The number of hydrogen-bond donors (Lipinski definition) is 0. The minimum atomic E-state index is -0.498. The number of amides is 2. The first kappa shape index (κ1) is 22.4. The summed E-state index contributed by atoms with van der Waals surface area (Å²) in [5, 5.41) is 10.4. The van der Waals surface area contributed by atoms with Crippen molar-refractivity contribution in [1.29, 1.82) is 0 Å². The summed E-state index contributed by atoms with van der Waals surface area (Å²) in [6.07, 6.45) is 2.52. The number of carbonyl (C=O) groups is 2. The molecule has 0 aromatic heterocycles. The standard InChI is InChI=1S/C22H22N2O6S/c1-3-11-30-18-10-7-16(12-19(18)29-4-2)13-20-21(25)23(22(26)31-20)14-15-5-8-17(9-6-15)24(27)28/h5-10,12-13H,3-4,11,14H2,1-2H3. The number of non-ortho nitro benzene ring substituents is 1. The van der Waals surface area contributed by atoms with Gasteiger partial charge in [0, 0.05) is 12.1 Å². The minimum Gasteiger partial charge on any atom is -0.490 e. The maximum Gasteiger partial charge on any atom is 0.293 e. The van der Waals surface area contributed by atoms with Gasteiger partial charge >= 0.3 is 0 Å². The van der Waals surface area contributed by atoms with Gasteiger partial charge in [-0.2, -0.15) is 0 Å². The van der Waals surface area contributed by atoms with Gasteiger partial charge < -0.3 is 9.47 Å². The Bertz CT molecular complexity index is 1020. The summed E-state index contributed by atoms with van der Waals surface area (Å²) in [7, 11) is 0. The molecule has 8 nitrogen and oxygen atoms in total. The topological polar surface area (TPSA) is 99.0 Å². The van der Waals surface area contributed by atoms with E-state index in [1.165, 1.54) is 24.3 Å². The van der Waals surface area contributed by atoms with Gasteiger partial charge in [-0.25, -0.2) is 0 Å². The molecule has 2 aromatic carbocycles. The lowest BCUT2D eigenvalue weighted by Gasteiger charge is -2.13. The first-order valence-electron chi connectivity index (χ1n) is 9.81. The van der Waals surface area contributed by atoms with Crippen LogP contribution in [0.3, 0.4) is 0 Å². The van der Waals surface area contributed by atoms with E-state index in [9.17, 15) is 19.7 Å². The van der Waals surface area contributed by atoms with Crippen molar-refractivity contribution in [2.45, 2.75) is 26.8 Å². The lowest BCUT2D eigenvalue weighted by molar-refractivity contribution is -0.384. The van der Waals surface area contributed by atoms with Crippen molar-refractivity contribution in [1.82, 2.24) is 4.90 Å². The second kappa shape index (κ2) is 10.1. The summed E-state index contributed by atoms with van der Waals surface area (Å²) in [5.41, 5.74) is 1.30. The van der Waals surface area contributed by atoms with Crippen LogP contribution < -0.4 is 9.47 Å². The van der Waals surface area contributed by atoms with E-state index in [4.69, 9.17) is 9.47 Å². The van der Waals surface area contributed by atoms with Gasteiger partial charge in [0.15, 0.2) is 11.5 Å². The van der Waals surface area contributed by atoms with Crippen LogP contribution >= 0.6 is 11.8 Å². The van der Waals surface area contributed by atoms with Gasteiger partial charge in [0.2, 0.25) is 0 Å². The number of hydrogen-bond acceptors (Lipinski definition) is 7. The number of ether oxygens (including phenoxy) is 2. The molecule has 1 saturated heterocycles. The van der Waals surface area contributed by atoms with Crippen LogP contribution in [0.2, 0.25) is 0 Å². The van der Waals surface area contributed by atoms with Crippen LogP contribution in [-0.4, -0.2) is 34.2 Å². The first-order chi connectivity index (χ1) is 14.9. The molecule has 0 saturated carbocycles. The fourth-order valence-corrected chi connectivity index (χ4v) is 3.75. The number of nitro benzene ring substituents is 1. The van der Waals surface area contributed by atoms with Crippen LogP contribution in [0.4, 0.5) is 10.5 Å². The molecule has 2 amide bonds. The first-order valence-corrected chi connectivity index (χ1v) is 10.6. The minimum absolute atomic E-state index is 0.0470. The van der Waals surface area contributed by atoms with Crippen molar-refractivity contribution >= 4 is 34.7 Å². The highest BCUT2D eigenvalue weighted by Gasteiger charge is 2.35.